The van der Waals surface area contributed by atoms with Gasteiger partial charge in [-0.05, 0) is 12.1 Å². The average molecular weight is 384 g/mol. The number of methoxy groups -OCH3 is 3. The summed E-state index contributed by atoms with van der Waals surface area (Å²) in [5.74, 6) is 0.340. The van der Waals surface area contributed by atoms with E-state index in [1.54, 1.807) is 0 Å². The monoisotopic (exact) mass is 384 g/mol. The molecule has 0 atom stereocenters. The van der Waals surface area contributed by atoms with Gasteiger partial charge in [-0.15, -0.1) is 10.2 Å². The first kappa shape index (κ1) is 18.8. The second-order valence-corrected chi connectivity index (χ2v) is 6.70. The van der Waals surface area contributed by atoms with Crippen LogP contribution in [0, 0.1) is 0 Å². The lowest BCUT2D eigenvalue weighted by Crippen LogP contribution is -2.12. The summed E-state index contributed by atoms with van der Waals surface area (Å²) in [4.78, 5) is 23.2. The highest BCUT2D eigenvalue weighted by Gasteiger charge is 2.18. The fourth-order valence-corrected chi connectivity index (χ4v) is 3.32. The maximum absolute atomic E-state index is 12.4. The summed E-state index contributed by atoms with van der Waals surface area (Å²) in [7, 11) is 4.41. The number of aromatic nitrogens is 2. The number of ether oxygens (including phenoxy) is 3. The molecule has 0 aliphatic rings. The summed E-state index contributed by atoms with van der Waals surface area (Å²) in [5, 5.41) is 10.7. The number of nitrogens with two attached hydrogens (primary N) is 1. The minimum atomic E-state index is -0.455. The van der Waals surface area contributed by atoms with Crippen molar-refractivity contribution < 1.29 is 23.8 Å². The maximum Gasteiger partial charge on any atom is 0.257 e. The molecule has 0 spiro atoms. The molecular weight excluding hydrogens is 368 g/mol. The number of thioether (sulfide) groups is 1. The van der Waals surface area contributed by atoms with Crippen LogP contribution in [0.3, 0.4) is 0 Å². The molecule has 0 aliphatic heterocycles. The topological polar surface area (TPSA) is 126 Å². The van der Waals surface area contributed by atoms with Gasteiger partial charge in [0.05, 0.1) is 27.1 Å². The summed E-state index contributed by atoms with van der Waals surface area (Å²) in [6.45, 7) is 0. The number of hydrogen-bond donors (Lipinski definition) is 2. The van der Waals surface area contributed by atoms with E-state index in [9.17, 15) is 9.59 Å². The Morgan fingerprint density at radius 2 is 1.80 bits per heavy atom. The third kappa shape index (κ3) is 4.73. The molecule has 2 rings (SSSR count). The van der Waals surface area contributed by atoms with Crippen LogP contribution < -0.4 is 25.3 Å². The first-order chi connectivity index (χ1) is 12.0. The van der Waals surface area contributed by atoms with Crippen LogP contribution in [0.25, 0.3) is 0 Å². The molecule has 25 heavy (non-hydrogen) atoms. The van der Waals surface area contributed by atoms with Crippen LogP contribution in [-0.2, 0) is 4.79 Å². The quantitative estimate of drug-likeness (QED) is 0.517. The molecule has 11 heteroatoms. The largest absolute Gasteiger partial charge is 0.493 e. The molecule has 134 valence electrons. The predicted octanol–water partition coefficient (Wildman–Crippen LogP) is 1.39. The van der Waals surface area contributed by atoms with E-state index in [1.165, 1.54) is 33.5 Å². The van der Waals surface area contributed by atoms with Crippen LogP contribution >= 0.6 is 23.1 Å². The number of nitrogens with one attached hydrogen (secondary N) is 1. The van der Waals surface area contributed by atoms with Crippen molar-refractivity contribution in [2.75, 3.05) is 32.4 Å². The van der Waals surface area contributed by atoms with Gasteiger partial charge in [-0.1, -0.05) is 23.1 Å². The van der Waals surface area contributed by atoms with Gasteiger partial charge in [-0.25, -0.2) is 0 Å². The van der Waals surface area contributed by atoms with Crippen molar-refractivity contribution >= 4 is 40.0 Å². The fraction of sp³-hybridized carbons (Fsp3) is 0.286. The molecule has 0 radical (unpaired) electrons. The van der Waals surface area contributed by atoms with Crippen molar-refractivity contribution in [2.45, 2.75) is 4.34 Å². The number of rotatable bonds is 8. The number of primary amides is 1. The Hall–Kier alpha value is -2.53. The molecule has 0 aliphatic carbocycles. The lowest BCUT2D eigenvalue weighted by atomic mass is 10.1. The van der Waals surface area contributed by atoms with E-state index in [0.29, 0.717) is 32.3 Å². The summed E-state index contributed by atoms with van der Waals surface area (Å²) in [5.41, 5.74) is 5.38. The van der Waals surface area contributed by atoms with E-state index in [-0.39, 0.29) is 5.75 Å². The third-order valence-electron chi connectivity index (χ3n) is 2.89. The van der Waals surface area contributed by atoms with Crippen LogP contribution in [0.5, 0.6) is 17.2 Å². The molecular formula is C14H16N4O5S2. The van der Waals surface area contributed by atoms with Gasteiger partial charge in [0.1, 0.15) is 0 Å². The summed E-state index contributed by atoms with van der Waals surface area (Å²) in [6.07, 6.45) is 0. The molecule has 3 N–H and O–H groups in total. The second-order valence-electron chi connectivity index (χ2n) is 4.50. The SMILES string of the molecule is COc1cc(C(=O)Nc2nnc(SCC(N)=O)s2)cc(OC)c1OC. The Kier molecular flexibility index (Phi) is 6.42. The molecule has 0 bridgehead atoms. The molecule has 2 amide bonds. The Balaban J connectivity index is 2.16. The van der Waals surface area contributed by atoms with Crippen molar-refractivity contribution in [1.29, 1.82) is 0 Å². The van der Waals surface area contributed by atoms with E-state index < -0.39 is 11.8 Å². The number of carbonyl (C=O) groups excluding carboxylic acids is 2. The third-order valence-corrected chi connectivity index (χ3v) is 4.89. The van der Waals surface area contributed by atoms with Crippen LogP contribution in [-0.4, -0.2) is 49.1 Å². The number of carbonyl (C=O) groups is 2. The fourth-order valence-electron chi connectivity index (χ4n) is 1.83. The number of hydrogen-bond acceptors (Lipinski definition) is 9. The highest BCUT2D eigenvalue weighted by molar-refractivity contribution is 8.01. The van der Waals surface area contributed by atoms with Crippen molar-refractivity contribution in [3.05, 3.63) is 17.7 Å². The molecule has 1 aromatic heterocycles. The zero-order valence-corrected chi connectivity index (χ0v) is 15.3. The van der Waals surface area contributed by atoms with E-state index >= 15 is 0 Å². The Bertz CT molecular complexity index is 755. The Morgan fingerprint density at radius 1 is 1.16 bits per heavy atom. The van der Waals surface area contributed by atoms with Gasteiger partial charge in [-0.2, -0.15) is 0 Å². The molecule has 0 unspecified atom stereocenters. The highest BCUT2D eigenvalue weighted by atomic mass is 32.2. The van der Waals surface area contributed by atoms with E-state index in [0.717, 1.165) is 23.1 Å². The van der Waals surface area contributed by atoms with Gasteiger partial charge < -0.3 is 19.9 Å². The minimum Gasteiger partial charge on any atom is -0.493 e. The molecule has 0 saturated heterocycles. The lowest BCUT2D eigenvalue weighted by molar-refractivity contribution is -0.115. The molecule has 0 fully saturated rings. The number of benzene rings is 1. The number of anilines is 1. The number of amides is 2. The zero-order chi connectivity index (χ0) is 18.4. The molecule has 9 nitrogen and oxygen atoms in total. The van der Waals surface area contributed by atoms with Crippen molar-refractivity contribution in [1.82, 2.24) is 10.2 Å². The second kappa shape index (κ2) is 8.53. The van der Waals surface area contributed by atoms with Gasteiger partial charge in [-0.3, -0.25) is 14.9 Å². The van der Waals surface area contributed by atoms with Gasteiger partial charge in [0, 0.05) is 5.56 Å². The zero-order valence-electron chi connectivity index (χ0n) is 13.7. The van der Waals surface area contributed by atoms with Gasteiger partial charge in [0.2, 0.25) is 16.8 Å². The van der Waals surface area contributed by atoms with Crippen molar-refractivity contribution in [2.24, 2.45) is 5.73 Å². The summed E-state index contributed by atoms with van der Waals surface area (Å²) >= 11 is 2.29. The number of nitrogens with zero attached hydrogens (tertiary/aromatic N) is 2. The molecule has 1 aromatic carbocycles. The molecule has 1 heterocycles. The Morgan fingerprint density at radius 3 is 2.32 bits per heavy atom. The maximum atomic E-state index is 12.4. The van der Waals surface area contributed by atoms with Crippen LogP contribution in [0.15, 0.2) is 16.5 Å². The first-order valence-corrected chi connectivity index (χ1v) is 8.64. The highest BCUT2D eigenvalue weighted by Crippen LogP contribution is 2.38. The first-order valence-electron chi connectivity index (χ1n) is 6.84. The smallest absolute Gasteiger partial charge is 0.257 e. The normalized spacial score (nSPS) is 10.2. The molecule has 2 aromatic rings. The average Bonchev–Trinajstić information content (AvgIpc) is 3.05. The van der Waals surface area contributed by atoms with Crippen LogP contribution in [0.4, 0.5) is 5.13 Å². The molecule has 0 saturated carbocycles. The predicted molar refractivity (Wildman–Crippen MR) is 93.9 cm³/mol. The van der Waals surface area contributed by atoms with Crippen LogP contribution in [0.2, 0.25) is 0 Å². The van der Waals surface area contributed by atoms with E-state index in [4.69, 9.17) is 19.9 Å². The van der Waals surface area contributed by atoms with Crippen LogP contribution in [0.1, 0.15) is 10.4 Å². The Labute approximate surface area is 151 Å². The standard InChI is InChI=1S/C14H16N4O5S2/c1-21-8-4-7(5-9(22-2)11(8)23-3)12(20)16-13-17-18-14(25-13)24-6-10(15)19/h4-5H,6H2,1-3H3,(H2,15,19)(H,16,17,20). The van der Waals surface area contributed by atoms with Gasteiger partial charge in [0.25, 0.3) is 5.91 Å². The van der Waals surface area contributed by atoms with Gasteiger partial charge in [0.15, 0.2) is 15.8 Å². The minimum absolute atomic E-state index is 0.0927. The summed E-state index contributed by atoms with van der Waals surface area (Å²) in [6, 6.07) is 3.06. The summed E-state index contributed by atoms with van der Waals surface area (Å²) < 4.78 is 16.2. The lowest BCUT2D eigenvalue weighted by Gasteiger charge is -2.13. The van der Waals surface area contributed by atoms with E-state index in [1.807, 2.05) is 0 Å². The van der Waals surface area contributed by atoms with Crippen molar-refractivity contribution in [3.8, 4) is 17.2 Å². The van der Waals surface area contributed by atoms with E-state index in [2.05, 4.69) is 15.5 Å². The van der Waals surface area contributed by atoms with Crippen molar-refractivity contribution in [3.63, 3.8) is 0 Å². The van der Waals surface area contributed by atoms with Gasteiger partial charge >= 0.3 is 0 Å².